The lowest BCUT2D eigenvalue weighted by atomic mass is 10.7. The Hall–Kier alpha value is -0.590. The molecule has 0 aromatic carbocycles. The highest BCUT2D eigenvalue weighted by Gasteiger charge is 1.69. The third-order valence-electron chi connectivity index (χ3n) is 0.348. The van der Waals surface area contributed by atoms with E-state index in [0.29, 0.717) is 13.2 Å². The number of hydrogen-bond donors (Lipinski definition) is 2. The molecule has 0 atom stereocenters. The average Bonchev–Trinajstić information content (AvgIpc) is 1.61. The topological polar surface area (TPSA) is 61.8 Å². The molecule has 0 saturated carbocycles. The first-order valence-electron chi connectivity index (χ1n) is 1.69. The van der Waals surface area contributed by atoms with Crippen molar-refractivity contribution in [2.24, 2.45) is 5.73 Å². The molecule has 3 nitrogen and oxygen atoms in total. The first kappa shape index (κ1) is 5.41. The van der Waals surface area contributed by atoms with Crippen molar-refractivity contribution in [1.82, 2.24) is 5.32 Å². The highest BCUT2D eigenvalue weighted by atomic mass is 14.9. The summed E-state index contributed by atoms with van der Waals surface area (Å²) in [7, 11) is 0. The molecule has 6 heavy (non-hydrogen) atoms. The van der Waals surface area contributed by atoms with Crippen LogP contribution in [0, 0.1) is 11.3 Å². The van der Waals surface area contributed by atoms with Gasteiger partial charge >= 0.3 is 0 Å². The maximum absolute atomic E-state index is 7.83. The van der Waals surface area contributed by atoms with Crippen LogP contribution in [-0.4, -0.2) is 13.2 Å². The molecule has 0 fully saturated rings. The number of nitrogens with one attached hydrogen (secondary N) is 1. The molecule has 0 amide bonds. The Balaban J connectivity index is 2.54. The van der Waals surface area contributed by atoms with E-state index in [1.807, 2.05) is 6.07 Å². The molecule has 3 N–H and O–H groups in total. The van der Waals surface area contributed by atoms with Gasteiger partial charge in [-0.3, -0.25) is 5.32 Å². The lowest BCUT2D eigenvalue weighted by molar-refractivity contribution is 0.781. The third kappa shape index (κ3) is 3.41. The summed E-state index contributed by atoms with van der Waals surface area (Å²) < 4.78 is 0. The summed E-state index contributed by atoms with van der Waals surface area (Å²) in [6.07, 6.45) is 0. The van der Waals surface area contributed by atoms with Gasteiger partial charge in [0.2, 0.25) is 0 Å². The second-order valence-corrected chi connectivity index (χ2v) is 0.789. The molecule has 0 aromatic heterocycles. The molecule has 0 spiro atoms. The van der Waals surface area contributed by atoms with Crippen molar-refractivity contribution in [1.29, 1.82) is 5.26 Å². The van der Waals surface area contributed by atoms with E-state index < -0.39 is 0 Å². The minimum Gasteiger partial charge on any atom is -0.318 e. The van der Waals surface area contributed by atoms with Crippen LogP contribution in [0.5, 0.6) is 0 Å². The predicted octanol–water partition coefficient (Wildman–Crippen LogP) is -0.984. The summed E-state index contributed by atoms with van der Waals surface area (Å²) in [4.78, 5) is 0. The lowest BCUT2D eigenvalue weighted by Gasteiger charge is -1.84. The molecule has 0 bridgehead atoms. The van der Waals surface area contributed by atoms with Gasteiger partial charge in [0.15, 0.2) is 0 Å². The Morgan fingerprint density at radius 2 is 2.50 bits per heavy atom. The summed E-state index contributed by atoms with van der Waals surface area (Å²) in [5, 5.41) is 10.4. The third-order valence-corrected chi connectivity index (χ3v) is 0.348. The van der Waals surface area contributed by atoms with Crippen LogP contribution in [0.3, 0.4) is 0 Å². The van der Waals surface area contributed by atoms with Crippen LogP contribution in [0.2, 0.25) is 0 Å². The molecular formula is C3H7N3. The van der Waals surface area contributed by atoms with Crippen molar-refractivity contribution in [3.05, 3.63) is 0 Å². The normalized spacial score (nSPS) is 7.33. The number of rotatable bonds is 2. The van der Waals surface area contributed by atoms with Crippen LogP contribution >= 0.6 is 0 Å². The van der Waals surface area contributed by atoms with Crippen LogP contribution in [0.4, 0.5) is 0 Å². The maximum atomic E-state index is 7.83. The molecular weight excluding hydrogens is 78.1 g/mol. The highest BCUT2D eigenvalue weighted by molar-refractivity contribution is 4.71. The van der Waals surface area contributed by atoms with Crippen LogP contribution in [0.15, 0.2) is 0 Å². The molecule has 3 heteroatoms. The molecule has 0 radical (unpaired) electrons. The molecule has 0 unspecified atom stereocenters. The Kier molecular flexibility index (Phi) is 3.98. The number of hydrogen-bond acceptors (Lipinski definition) is 3. The Bertz CT molecular complexity index is 53.5. The summed E-state index contributed by atoms with van der Waals surface area (Å²) in [5.41, 5.74) is 4.95. The minimum absolute atomic E-state index is 0.344. The molecule has 0 saturated heterocycles. The van der Waals surface area contributed by atoms with Gasteiger partial charge in [0.25, 0.3) is 0 Å². The fourth-order valence-corrected chi connectivity index (χ4v) is 0.128. The van der Waals surface area contributed by atoms with E-state index in [0.717, 1.165) is 0 Å². The van der Waals surface area contributed by atoms with E-state index in [9.17, 15) is 0 Å². The van der Waals surface area contributed by atoms with Crippen molar-refractivity contribution in [2.75, 3.05) is 13.2 Å². The van der Waals surface area contributed by atoms with Crippen LogP contribution in [0.1, 0.15) is 0 Å². The van der Waals surface area contributed by atoms with Crippen LogP contribution in [-0.2, 0) is 0 Å². The second kappa shape index (κ2) is 4.41. The second-order valence-electron chi connectivity index (χ2n) is 0.789. The zero-order valence-electron chi connectivity index (χ0n) is 3.44. The van der Waals surface area contributed by atoms with Gasteiger partial charge in [-0.05, 0) is 0 Å². The first-order chi connectivity index (χ1) is 2.91. The maximum Gasteiger partial charge on any atom is 0.0850 e. The van der Waals surface area contributed by atoms with E-state index in [2.05, 4.69) is 5.32 Å². The Morgan fingerprint density at radius 1 is 1.83 bits per heavy atom. The van der Waals surface area contributed by atoms with E-state index in [1.165, 1.54) is 0 Å². The fourth-order valence-electron chi connectivity index (χ4n) is 0.128. The van der Waals surface area contributed by atoms with Gasteiger partial charge in [-0.25, -0.2) is 0 Å². The summed E-state index contributed by atoms with van der Waals surface area (Å²) in [5.74, 6) is 0. The van der Waals surface area contributed by atoms with Crippen molar-refractivity contribution >= 4 is 0 Å². The average molecular weight is 85.1 g/mol. The molecule has 0 aliphatic rings. The van der Waals surface area contributed by atoms with Crippen LogP contribution < -0.4 is 11.1 Å². The van der Waals surface area contributed by atoms with Gasteiger partial charge in [0.1, 0.15) is 0 Å². The van der Waals surface area contributed by atoms with Crippen molar-refractivity contribution in [3.8, 4) is 6.07 Å². The summed E-state index contributed by atoms with van der Waals surface area (Å²) in [6, 6.07) is 1.88. The van der Waals surface area contributed by atoms with Crippen LogP contribution in [0.25, 0.3) is 0 Å². The van der Waals surface area contributed by atoms with E-state index in [1.54, 1.807) is 0 Å². The van der Waals surface area contributed by atoms with Gasteiger partial charge < -0.3 is 5.73 Å². The molecule has 0 aliphatic heterocycles. The minimum atomic E-state index is 0.344. The number of nitrogens with zero attached hydrogens (tertiary/aromatic N) is 1. The van der Waals surface area contributed by atoms with E-state index in [4.69, 9.17) is 11.0 Å². The summed E-state index contributed by atoms with van der Waals surface area (Å²) >= 11 is 0. The molecule has 0 aliphatic carbocycles. The molecule has 0 rings (SSSR count). The van der Waals surface area contributed by atoms with Gasteiger partial charge in [0.05, 0.1) is 12.6 Å². The van der Waals surface area contributed by atoms with Crippen molar-refractivity contribution in [2.45, 2.75) is 0 Å². The monoisotopic (exact) mass is 85.1 g/mol. The number of nitrogens with two attached hydrogens (primary N) is 1. The largest absolute Gasteiger partial charge is 0.318 e. The predicted molar refractivity (Wildman–Crippen MR) is 22.7 cm³/mol. The van der Waals surface area contributed by atoms with Crippen molar-refractivity contribution < 1.29 is 0 Å². The van der Waals surface area contributed by atoms with Gasteiger partial charge in [-0.15, -0.1) is 0 Å². The Morgan fingerprint density at radius 3 is 2.67 bits per heavy atom. The van der Waals surface area contributed by atoms with Crippen molar-refractivity contribution in [3.63, 3.8) is 0 Å². The quantitative estimate of drug-likeness (QED) is 0.257. The van der Waals surface area contributed by atoms with Gasteiger partial charge in [-0.1, -0.05) is 0 Å². The standard InChI is InChI=1S/C3H7N3/c4-1-2-6-3-5/h6H,2-3,5H2. The summed E-state index contributed by atoms with van der Waals surface area (Å²) in [6.45, 7) is 0.726. The molecule has 34 valence electrons. The first-order valence-corrected chi connectivity index (χ1v) is 1.69. The fraction of sp³-hybridized carbons (Fsp3) is 0.667. The number of nitriles is 1. The van der Waals surface area contributed by atoms with E-state index >= 15 is 0 Å². The zero-order chi connectivity index (χ0) is 4.83. The van der Waals surface area contributed by atoms with Gasteiger partial charge in [-0.2, -0.15) is 5.26 Å². The zero-order valence-corrected chi connectivity index (χ0v) is 3.44. The Labute approximate surface area is 36.8 Å². The van der Waals surface area contributed by atoms with E-state index in [-0.39, 0.29) is 0 Å². The van der Waals surface area contributed by atoms with Gasteiger partial charge in [0, 0.05) is 6.67 Å². The smallest absolute Gasteiger partial charge is 0.0850 e. The highest BCUT2D eigenvalue weighted by Crippen LogP contribution is 1.42. The lowest BCUT2D eigenvalue weighted by Crippen LogP contribution is -2.21. The molecule has 0 heterocycles. The molecule has 0 aromatic rings. The SMILES string of the molecule is N#CCNCN.